The van der Waals surface area contributed by atoms with Gasteiger partial charge in [-0.15, -0.1) is 0 Å². The van der Waals surface area contributed by atoms with E-state index in [4.69, 9.17) is 0 Å². The predicted octanol–water partition coefficient (Wildman–Crippen LogP) is 0.872. The number of alkyl halides is 2. The van der Waals surface area contributed by atoms with Crippen LogP contribution in [0, 0.1) is 0 Å². The Hall–Kier alpha value is -0.670. The van der Waals surface area contributed by atoms with E-state index in [2.05, 4.69) is 0 Å². The monoisotopic (exact) mass is 149 g/mol. The minimum absolute atomic E-state index is 0.0847. The molecule has 0 radical (unpaired) electrons. The van der Waals surface area contributed by atoms with Gasteiger partial charge >= 0.3 is 6.43 Å². The fraction of sp³-hybridized carbons (Fsp3) is 0.833. The zero-order valence-corrected chi connectivity index (χ0v) is 5.68. The molecule has 4 heteroatoms. The molecule has 0 aromatic rings. The van der Waals surface area contributed by atoms with Crippen LogP contribution in [0.2, 0.25) is 0 Å². The minimum Gasteiger partial charge on any atom is -0.338 e. The quantitative estimate of drug-likeness (QED) is 0.570. The largest absolute Gasteiger partial charge is 0.338 e. The molecule has 0 spiro atoms. The molecule has 1 saturated carbocycles. The fourth-order valence-corrected chi connectivity index (χ4v) is 0.796. The lowest BCUT2D eigenvalue weighted by Gasteiger charge is -2.14. The summed E-state index contributed by atoms with van der Waals surface area (Å²) in [6, 6.07) is 0.0847. The second kappa shape index (κ2) is 2.52. The van der Waals surface area contributed by atoms with Crippen LogP contribution < -0.4 is 0 Å². The molecule has 0 bridgehead atoms. The van der Waals surface area contributed by atoms with Gasteiger partial charge in [-0.1, -0.05) is 0 Å². The zero-order valence-electron chi connectivity index (χ0n) is 5.68. The summed E-state index contributed by atoms with van der Waals surface area (Å²) < 4.78 is 23.4. The molecule has 0 aromatic heterocycles. The van der Waals surface area contributed by atoms with Gasteiger partial charge in [-0.05, 0) is 12.8 Å². The van der Waals surface area contributed by atoms with E-state index < -0.39 is 12.3 Å². The van der Waals surface area contributed by atoms with E-state index in [0.717, 1.165) is 17.7 Å². The number of nitrogens with zero attached hydrogens (tertiary/aromatic N) is 1. The number of halogens is 2. The highest BCUT2D eigenvalue weighted by molar-refractivity contribution is 5.79. The van der Waals surface area contributed by atoms with Crippen LogP contribution in [0.5, 0.6) is 0 Å². The van der Waals surface area contributed by atoms with Crippen LogP contribution in [0.4, 0.5) is 8.78 Å². The Kier molecular flexibility index (Phi) is 1.87. The van der Waals surface area contributed by atoms with E-state index in [9.17, 15) is 13.6 Å². The summed E-state index contributed by atoms with van der Waals surface area (Å²) in [4.78, 5) is 11.6. The van der Waals surface area contributed by atoms with E-state index in [-0.39, 0.29) is 6.04 Å². The van der Waals surface area contributed by atoms with Crippen LogP contribution in [-0.2, 0) is 4.79 Å². The predicted molar refractivity (Wildman–Crippen MR) is 31.8 cm³/mol. The molecule has 58 valence electrons. The molecule has 1 fully saturated rings. The van der Waals surface area contributed by atoms with E-state index in [0.29, 0.717) is 0 Å². The summed E-state index contributed by atoms with van der Waals surface area (Å²) in [5, 5.41) is 0. The van der Waals surface area contributed by atoms with Gasteiger partial charge in [-0.3, -0.25) is 4.79 Å². The molecule has 1 aliphatic carbocycles. The average molecular weight is 149 g/mol. The van der Waals surface area contributed by atoms with Crippen LogP contribution in [0.1, 0.15) is 12.8 Å². The van der Waals surface area contributed by atoms with Crippen LogP contribution in [-0.4, -0.2) is 30.3 Å². The zero-order chi connectivity index (χ0) is 7.72. The third-order valence-corrected chi connectivity index (χ3v) is 1.63. The average Bonchev–Trinajstić information content (AvgIpc) is 2.65. The Balaban J connectivity index is 2.38. The van der Waals surface area contributed by atoms with Crippen molar-refractivity contribution in [2.75, 3.05) is 7.05 Å². The Bertz CT molecular complexity index is 145. The number of hydrogen-bond donors (Lipinski definition) is 0. The summed E-state index contributed by atoms with van der Waals surface area (Å²) in [5.74, 6) is -1.05. The van der Waals surface area contributed by atoms with Gasteiger partial charge in [0.05, 0.1) is 0 Å². The first-order valence-corrected chi connectivity index (χ1v) is 3.17. The molecule has 10 heavy (non-hydrogen) atoms. The first-order valence-electron chi connectivity index (χ1n) is 3.17. The third-order valence-electron chi connectivity index (χ3n) is 1.63. The van der Waals surface area contributed by atoms with Crippen molar-refractivity contribution < 1.29 is 13.6 Å². The van der Waals surface area contributed by atoms with Gasteiger partial charge < -0.3 is 4.90 Å². The van der Waals surface area contributed by atoms with E-state index in [1.54, 1.807) is 0 Å². The van der Waals surface area contributed by atoms with Gasteiger partial charge in [0.25, 0.3) is 5.91 Å². The van der Waals surface area contributed by atoms with Gasteiger partial charge in [0, 0.05) is 13.1 Å². The van der Waals surface area contributed by atoms with Crippen LogP contribution >= 0.6 is 0 Å². The smallest absolute Gasteiger partial charge is 0.315 e. The van der Waals surface area contributed by atoms with Gasteiger partial charge in [0.1, 0.15) is 0 Å². The molecule has 1 rings (SSSR count). The molecule has 1 aliphatic rings. The Morgan fingerprint density at radius 1 is 1.60 bits per heavy atom. The second-order valence-electron chi connectivity index (χ2n) is 2.48. The van der Waals surface area contributed by atoms with Crippen molar-refractivity contribution in [3.05, 3.63) is 0 Å². The van der Waals surface area contributed by atoms with Gasteiger partial charge in [0.15, 0.2) is 0 Å². The number of rotatable bonds is 2. The van der Waals surface area contributed by atoms with Crippen LogP contribution in [0.15, 0.2) is 0 Å². The Morgan fingerprint density at radius 3 is 2.40 bits per heavy atom. The molecule has 0 N–H and O–H groups in total. The highest BCUT2D eigenvalue weighted by atomic mass is 19.3. The van der Waals surface area contributed by atoms with Crippen molar-refractivity contribution >= 4 is 5.91 Å². The first-order chi connectivity index (χ1) is 4.63. The maximum absolute atomic E-state index is 11.7. The van der Waals surface area contributed by atoms with E-state index >= 15 is 0 Å². The molecule has 0 atom stereocenters. The first kappa shape index (κ1) is 7.44. The maximum atomic E-state index is 11.7. The van der Waals surface area contributed by atoms with Crippen LogP contribution in [0.25, 0.3) is 0 Å². The topological polar surface area (TPSA) is 20.3 Å². The van der Waals surface area contributed by atoms with Gasteiger partial charge in [-0.25, -0.2) is 0 Å². The third kappa shape index (κ3) is 1.43. The standard InChI is InChI=1S/C6H9F2NO/c1-9(4-2-3-4)6(10)5(7)8/h4-5H,2-3H2,1H3. The van der Waals surface area contributed by atoms with Crippen molar-refractivity contribution in [2.45, 2.75) is 25.3 Å². The molecule has 0 heterocycles. The molecule has 0 aromatic carbocycles. The lowest BCUT2D eigenvalue weighted by atomic mass is 10.5. The normalized spacial score (nSPS) is 17.6. The van der Waals surface area contributed by atoms with Crippen LogP contribution in [0.3, 0.4) is 0 Å². The summed E-state index contributed by atoms with van der Waals surface area (Å²) in [5.41, 5.74) is 0. The second-order valence-corrected chi connectivity index (χ2v) is 2.48. The lowest BCUT2D eigenvalue weighted by molar-refractivity contribution is -0.141. The number of carbonyl (C=O) groups excluding carboxylic acids is 1. The molecular weight excluding hydrogens is 140 g/mol. The summed E-state index contributed by atoms with van der Waals surface area (Å²) in [6.45, 7) is 0. The molecule has 0 saturated heterocycles. The van der Waals surface area contributed by atoms with Crippen molar-refractivity contribution in [2.24, 2.45) is 0 Å². The molecule has 1 amide bonds. The van der Waals surface area contributed by atoms with Crippen molar-refractivity contribution in [3.63, 3.8) is 0 Å². The lowest BCUT2D eigenvalue weighted by Crippen LogP contribution is -2.33. The minimum atomic E-state index is -2.84. The number of amides is 1. The van der Waals surface area contributed by atoms with Crippen molar-refractivity contribution in [1.29, 1.82) is 0 Å². The molecule has 0 unspecified atom stereocenters. The van der Waals surface area contributed by atoms with Gasteiger partial charge in [-0.2, -0.15) is 8.78 Å². The maximum Gasteiger partial charge on any atom is 0.315 e. The van der Waals surface area contributed by atoms with Gasteiger partial charge in [0.2, 0.25) is 0 Å². The number of hydrogen-bond acceptors (Lipinski definition) is 1. The van der Waals surface area contributed by atoms with E-state index in [1.165, 1.54) is 7.05 Å². The Morgan fingerprint density at radius 2 is 2.10 bits per heavy atom. The van der Waals surface area contributed by atoms with E-state index in [1.807, 2.05) is 0 Å². The van der Waals surface area contributed by atoms with Crippen molar-refractivity contribution in [3.8, 4) is 0 Å². The summed E-state index contributed by atoms with van der Waals surface area (Å²) in [6.07, 6.45) is -1.10. The Labute approximate surface area is 57.8 Å². The molecular formula is C6H9F2NO. The number of carbonyl (C=O) groups is 1. The SMILES string of the molecule is CN(C(=O)C(F)F)C1CC1. The molecule has 0 aliphatic heterocycles. The van der Waals surface area contributed by atoms with Crippen molar-refractivity contribution in [1.82, 2.24) is 4.90 Å². The summed E-state index contributed by atoms with van der Waals surface area (Å²) >= 11 is 0. The highest BCUT2D eigenvalue weighted by Gasteiger charge is 2.33. The summed E-state index contributed by atoms with van der Waals surface area (Å²) in [7, 11) is 1.42. The highest BCUT2D eigenvalue weighted by Crippen LogP contribution is 2.26. The fourth-order valence-electron chi connectivity index (χ4n) is 0.796. The molecule has 2 nitrogen and oxygen atoms in total.